The number of aliphatic hydroxyl groups is 3. The predicted molar refractivity (Wildman–Crippen MR) is 135 cm³/mol. The van der Waals surface area contributed by atoms with Crippen molar-refractivity contribution in [2.45, 2.75) is 124 Å². The number of allylic oxidation sites excluding steroid dienone is 2. The van der Waals surface area contributed by atoms with E-state index in [9.17, 15) is 20.1 Å². The van der Waals surface area contributed by atoms with E-state index in [4.69, 9.17) is 4.74 Å². The topological polar surface area (TPSA) is 87.0 Å². The zero-order chi connectivity index (χ0) is 25.8. The van der Waals surface area contributed by atoms with Gasteiger partial charge < -0.3 is 20.1 Å². The highest BCUT2D eigenvalue weighted by atomic mass is 16.6. The van der Waals surface area contributed by atoms with Crippen molar-refractivity contribution < 1.29 is 24.9 Å². The zero-order valence-corrected chi connectivity index (χ0v) is 22.9. The minimum atomic E-state index is -1.26. The molecule has 0 aromatic carbocycles. The van der Waals surface area contributed by atoms with Crippen molar-refractivity contribution in [3.8, 4) is 0 Å². The number of Topliss-reactive ketones (excluding diaryl/α,β-unsaturated/α-hetero) is 1. The van der Waals surface area contributed by atoms with Crippen LogP contribution in [0.4, 0.5) is 0 Å². The first kappa shape index (κ1) is 25.9. The lowest BCUT2D eigenvalue weighted by atomic mass is 9.41. The van der Waals surface area contributed by atoms with Gasteiger partial charge in [0.15, 0.2) is 6.29 Å². The summed E-state index contributed by atoms with van der Waals surface area (Å²) >= 11 is 0. The van der Waals surface area contributed by atoms with Gasteiger partial charge in [-0.3, -0.25) is 4.79 Å². The number of hydrogen-bond acceptors (Lipinski definition) is 5. The smallest absolute Gasteiger partial charge is 0.158 e. The zero-order valence-electron chi connectivity index (χ0n) is 22.9. The van der Waals surface area contributed by atoms with E-state index in [1.807, 2.05) is 0 Å². The molecule has 0 amide bonds. The van der Waals surface area contributed by atoms with Crippen LogP contribution in [0, 0.1) is 45.3 Å². The number of aliphatic hydroxyl groups excluding tert-OH is 2. The van der Waals surface area contributed by atoms with Crippen LogP contribution in [0.25, 0.3) is 0 Å². The molecule has 0 radical (unpaired) electrons. The average molecular weight is 489 g/mol. The fraction of sp³-hybridized carbons (Fsp3) is 0.900. The van der Waals surface area contributed by atoms with Gasteiger partial charge in [-0.2, -0.15) is 0 Å². The second-order valence-electron chi connectivity index (χ2n) is 14.6. The molecule has 5 aliphatic rings. The van der Waals surface area contributed by atoms with Gasteiger partial charge in [0.1, 0.15) is 11.9 Å². The van der Waals surface area contributed by atoms with Crippen molar-refractivity contribution in [1.82, 2.24) is 0 Å². The van der Waals surface area contributed by atoms with Gasteiger partial charge in [-0.05, 0) is 92.8 Å². The molecular weight excluding hydrogens is 440 g/mol. The molecular formula is C30H48O5. The number of hydrogen-bond donors (Lipinski definition) is 3. The van der Waals surface area contributed by atoms with Crippen LogP contribution >= 0.6 is 0 Å². The van der Waals surface area contributed by atoms with Crippen molar-refractivity contribution in [3.63, 3.8) is 0 Å². The molecule has 0 aromatic heterocycles. The van der Waals surface area contributed by atoms with Crippen LogP contribution in [0.3, 0.4) is 0 Å². The van der Waals surface area contributed by atoms with Crippen LogP contribution in [0.15, 0.2) is 11.6 Å². The van der Waals surface area contributed by atoms with Crippen molar-refractivity contribution in [2.75, 3.05) is 0 Å². The number of fused-ring (bicyclic) bond motifs is 5. The van der Waals surface area contributed by atoms with Crippen LogP contribution in [0.5, 0.6) is 0 Å². The van der Waals surface area contributed by atoms with Gasteiger partial charge in [-0.1, -0.05) is 46.3 Å². The SMILES string of the molecule is CC(C)(O)C(O)[C@H]1C[C@@H]([C@@H]2CC[C@]3(C)C4=CCC5C(C)(C)C(=O)CC[C@]5(C)C4CCC23C)C(O)O1. The van der Waals surface area contributed by atoms with Crippen LogP contribution in [0.1, 0.15) is 99.8 Å². The highest BCUT2D eigenvalue weighted by Gasteiger charge is 2.66. The monoisotopic (exact) mass is 488 g/mol. The summed E-state index contributed by atoms with van der Waals surface area (Å²) in [6.07, 6.45) is 7.78. The Kier molecular flexibility index (Phi) is 5.83. The van der Waals surface area contributed by atoms with E-state index in [0.29, 0.717) is 36.4 Å². The highest BCUT2D eigenvalue weighted by Crippen LogP contribution is 2.73. The molecule has 5 unspecified atom stereocenters. The van der Waals surface area contributed by atoms with Gasteiger partial charge in [0.05, 0.1) is 11.7 Å². The Balaban J connectivity index is 1.44. The summed E-state index contributed by atoms with van der Waals surface area (Å²) in [6.45, 7) is 14.9. The normalized spacial score (nSPS) is 50.2. The molecule has 5 rings (SSSR count). The van der Waals surface area contributed by atoms with Gasteiger partial charge in [0.2, 0.25) is 0 Å². The second-order valence-corrected chi connectivity index (χ2v) is 14.6. The standard InChI is InChI=1S/C30H48O5/c1-26(2)22-9-8-20-19(28(22,5)13-12-23(26)31)11-15-29(6)18(10-14-30(20,29)7)17-16-21(35-25(17)33)24(32)27(3,4)34/h8,17-19,21-22,24-25,32-34H,9-16H2,1-7H3/t17-,18-,19?,21+,22?,24?,25?,28+,29?,30+/m0/s1. The van der Waals surface area contributed by atoms with E-state index >= 15 is 0 Å². The molecule has 10 atom stereocenters. The second kappa shape index (κ2) is 7.88. The van der Waals surface area contributed by atoms with Gasteiger partial charge in [0.25, 0.3) is 0 Å². The first-order chi connectivity index (χ1) is 16.1. The molecule has 0 aromatic rings. The summed E-state index contributed by atoms with van der Waals surface area (Å²) in [5, 5.41) is 31.9. The number of rotatable bonds is 3. The Labute approximate surface area is 211 Å². The lowest BCUT2D eigenvalue weighted by Gasteiger charge is -2.63. The molecule has 5 heteroatoms. The van der Waals surface area contributed by atoms with Crippen molar-refractivity contribution >= 4 is 5.78 Å². The molecule has 198 valence electrons. The molecule has 0 spiro atoms. The predicted octanol–water partition coefficient (Wildman–Crippen LogP) is 5.02. The molecule has 3 N–H and O–H groups in total. The van der Waals surface area contributed by atoms with E-state index in [2.05, 4.69) is 40.7 Å². The maximum absolute atomic E-state index is 12.8. The van der Waals surface area contributed by atoms with E-state index in [0.717, 1.165) is 38.5 Å². The largest absolute Gasteiger partial charge is 0.388 e. The fourth-order valence-corrected chi connectivity index (χ4v) is 9.98. The maximum Gasteiger partial charge on any atom is 0.158 e. The molecule has 0 bridgehead atoms. The first-order valence-corrected chi connectivity index (χ1v) is 14.0. The quantitative estimate of drug-likeness (QED) is 0.486. The van der Waals surface area contributed by atoms with Gasteiger partial charge in [-0.25, -0.2) is 0 Å². The molecule has 1 saturated heterocycles. The molecule has 1 aliphatic heterocycles. The third-order valence-electron chi connectivity index (χ3n) is 12.4. The minimum absolute atomic E-state index is 0.0286. The van der Waals surface area contributed by atoms with E-state index in [-0.39, 0.29) is 27.6 Å². The highest BCUT2D eigenvalue weighted by molar-refractivity contribution is 5.85. The number of carbonyl (C=O) groups is 1. The van der Waals surface area contributed by atoms with Gasteiger partial charge in [-0.15, -0.1) is 0 Å². The van der Waals surface area contributed by atoms with Crippen molar-refractivity contribution in [1.29, 1.82) is 0 Å². The summed E-state index contributed by atoms with van der Waals surface area (Å²) in [6, 6.07) is 0. The third kappa shape index (κ3) is 3.43. The Hall–Kier alpha value is -0.750. The van der Waals surface area contributed by atoms with Crippen LogP contribution < -0.4 is 0 Å². The summed E-state index contributed by atoms with van der Waals surface area (Å²) in [5.41, 5.74) is 0.409. The van der Waals surface area contributed by atoms with Crippen LogP contribution in [-0.2, 0) is 9.53 Å². The molecule has 4 fully saturated rings. The molecule has 5 nitrogen and oxygen atoms in total. The van der Waals surface area contributed by atoms with E-state index in [1.165, 1.54) is 0 Å². The third-order valence-corrected chi connectivity index (χ3v) is 12.4. The molecule has 4 aliphatic carbocycles. The fourth-order valence-electron chi connectivity index (χ4n) is 9.98. The lowest BCUT2D eigenvalue weighted by Crippen LogP contribution is -2.57. The van der Waals surface area contributed by atoms with Crippen LogP contribution in [-0.4, -0.2) is 45.2 Å². The van der Waals surface area contributed by atoms with E-state index in [1.54, 1.807) is 19.4 Å². The van der Waals surface area contributed by atoms with E-state index < -0.39 is 24.1 Å². The Bertz CT molecular complexity index is 916. The number of carbonyl (C=O) groups excluding carboxylic acids is 1. The molecule has 3 saturated carbocycles. The van der Waals surface area contributed by atoms with Crippen LogP contribution in [0.2, 0.25) is 0 Å². The van der Waals surface area contributed by atoms with Gasteiger partial charge >= 0.3 is 0 Å². The summed E-state index contributed by atoms with van der Waals surface area (Å²) in [5.74, 6) is 1.66. The summed E-state index contributed by atoms with van der Waals surface area (Å²) < 4.78 is 5.86. The van der Waals surface area contributed by atoms with Crippen molar-refractivity contribution in [3.05, 3.63) is 11.6 Å². The Morgan fingerprint density at radius 2 is 1.77 bits per heavy atom. The number of ether oxygens (including phenoxy) is 1. The summed E-state index contributed by atoms with van der Waals surface area (Å²) in [7, 11) is 0. The van der Waals surface area contributed by atoms with Gasteiger partial charge in [0, 0.05) is 17.8 Å². The maximum atomic E-state index is 12.8. The van der Waals surface area contributed by atoms with Crippen molar-refractivity contribution in [2.24, 2.45) is 45.3 Å². The average Bonchev–Trinajstić information content (AvgIpc) is 3.26. The molecule has 35 heavy (non-hydrogen) atoms. The summed E-state index contributed by atoms with van der Waals surface area (Å²) in [4.78, 5) is 12.8. The first-order valence-electron chi connectivity index (χ1n) is 14.0. The Morgan fingerprint density at radius 1 is 1.09 bits per heavy atom. The minimum Gasteiger partial charge on any atom is -0.388 e. The number of ketones is 1. The Morgan fingerprint density at radius 3 is 2.43 bits per heavy atom. The molecule has 1 heterocycles. The lowest BCUT2D eigenvalue weighted by molar-refractivity contribution is -0.172.